The number of hydrogen-bond donors (Lipinski definition) is 2. The number of carbonyl (C=O) groups excluding carboxylic acids is 1. The normalized spacial score (nSPS) is 12.8. The van der Waals surface area contributed by atoms with Crippen LogP contribution in [0.15, 0.2) is 24.3 Å². The Hall–Kier alpha value is -1.26. The molecule has 4 nitrogen and oxygen atoms in total. The van der Waals surface area contributed by atoms with Gasteiger partial charge >= 0.3 is 6.03 Å². The third kappa shape index (κ3) is 5.39. The molecule has 1 unspecified atom stereocenters. The average molecular weight is 299 g/mol. The topological polar surface area (TPSA) is 50.4 Å². The van der Waals surface area contributed by atoms with E-state index in [2.05, 4.69) is 24.5 Å². The number of ether oxygens (including phenoxy) is 1. The van der Waals surface area contributed by atoms with Gasteiger partial charge in [-0.15, -0.1) is 0 Å². The first kappa shape index (κ1) is 16.8. The van der Waals surface area contributed by atoms with Crippen molar-refractivity contribution in [1.82, 2.24) is 10.6 Å². The Balaban J connectivity index is 2.50. The second-order valence-corrected chi connectivity index (χ2v) is 6.01. The molecule has 1 aromatic rings. The Kier molecular flexibility index (Phi) is 6.30. The zero-order valence-electron chi connectivity index (χ0n) is 12.5. The molecule has 0 aliphatic carbocycles. The molecule has 0 spiro atoms. The molecule has 0 aromatic heterocycles. The van der Waals surface area contributed by atoms with Crippen LogP contribution in [0, 0.1) is 0 Å². The molecule has 5 heteroatoms. The number of hydrogen-bond acceptors (Lipinski definition) is 2. The van der Waals surface area contributed by atoms with Crippen molar-refractivity contribution in [2.45, 2.75) is 32.2 Å². The van der Waals surface area contributed by atoms with Crippen molar-refractivity contribution in [3.63, 3.8) is 0 Å². The fourth-order valence-electron chi connectivity index (χ4n) is 1.87. The van der Waals surface area contributed by atoms with Crippen LogP contribution in [-0.2, 0) is 10.2 Å². The molecule has 1 aromatic carbocycles. The highest BCUT2D eigenvalue weighted by atomic mass is 35.5. The molecule has 0 saturated heterocycles. The van der Waals surface area contributed by atoms with Crippen LogP contribution < -0.4 is 10.6 Å². The van der Waals surface area contributed by atoms with Gasteiger partial charge in [-0.2, -0.15) is 0 Å². The van der Waals surface area contributed by atoms with Gasteiger partial charge in [0.15, 0.2) is 0 Å². The molecule has 0 saturated carbocycles. The molecule has 0 fully saturated rings. The first-order valence-electron chi connectivity index (χ1n) is 6.64. The zero-order chi connectivity index (χ0) is 15.2. The fourth-order valence-corrected chi connectivity index (χ4v) is 2.00. The molecule has 2 amide bonds. The van der Waals surface area contributed by atoms with Crippen LogP contribution in [0.1, 0.15) is 26.3 Å². The predicted molar refractivity (Wildman–Crippen MR) is 82.4 cm³/mol. The Morgan fingerprint density at radius 2 is 1.95 bits per heavy atom. The molecule has 0 aliphatic heterocycles. The van der Waals surface area contributed by atoms with E-state index in [1.807, 2.05) is 31.2 Å². The first-order valence-corrected chi connectivity index (χ1v) is 7.02. The number of halogens is 1. The van der Waals surface area contributed by atoms with Crippen LogP contribution in [0.2, 0.25) is 5.02 Å². The van der Waals surface area contributed by atoms with Gasteiger partial charge in [-0.3, -0.25) is 0 Å². The van der Waals surface area contributed by atoms with Gasteiger partial charge in [-0.05, 0) is 24.6 Å². The number of benzene rings is 1. The van der Waals surface area contributed by atoms with Gasteiger partial charge < -0.3 is 15.4 Å². The van der Waals surface area contributed by atoms with Gasteiger partial charge in [-0.1, -0.05) is 37.6 Å². The summed E-state index contributed by atoms with van der Waals surface area (Å²) in [6.45, 7) is 7.09. The Labute approximate surface area is 125 Å². The van der Waals surface area contributed by atoms with Gasteiger partial charge in [0.25, 0.3) is 0 Å². The minimum absolute atomic E-state index is 0.0151. The summed E-state index contributed by atoms with van der Waals surface area (Å²) in [5.41, 5.74) is 0.971. The highest BCUT2D eigenvalue weighted by Crippen LogP contribution is 2.23. The van der Waals surface area contributed by atoms with Crippen LogP contribution >= 0.6 is 11.6 Å². The summed E-state index contributed by atoms with van der Waals surface area (Å²) in [5, 5.41) is 6.42. The van der Waals surface area contributed by atoms with E-state index in [4.69, 9.17) is 16.3 Å². The Bertz CT molecular complexity index is 432. The summed E-state index contributed by atoms with van der Waals surface area (Å²) >= 11 is 5.88. The Morgan fingerprint density at radius 3 is 2.50 bits per heavy atom. The highest BCUT2D eigenvalue weighted by molar-refractivity contribution is 6.30. The number of amides is 2. The van der Waals surface area contributed by atoms with E-state index in [1.54, 1.807) is 7.11 Å². The van der Waals surface area contributed by atoms with Crippen molar-refractivity contribution in [2.75, 3.05) is 20.3 Å². The maximum atomic E-state index is 11.8. The minimum Gasteiger partial charge on any atom is -0.383 e. The van der Waals surface area contributed by atoms with E-state index >= 15 is 0 Å². The van der Waals surface area contributed by atoms with E-state index in [-0.39, 0.29) is 17.5 Å². The third-order valence-corrected chi connectivity index (χ3v) is 3.36. The van der Waals surface area contributed by atoms with Crippen molar-refractivity contribution in [3.05, 3.63) is 34.9 Å². The van der Waals surface area contributed by atoms with Crippen LogP contribution in [0.4, 0.5) is 4.79 Å². The molecule has 2 N–H and O–H groups in total. The number of rotatable bonds is 6. The second kappa shape index (κ2) is 7.50. The van der Waals surface area contributed by atoms with Crippen molar-refractivity contribution in [2.24, 2.45) is 0 Å². The van der Waals surface area contributed by atoms with Crippen LogP contribution in [-0.4, -0.2) is 32.3 Å². The lowest BCUT2D eigenvalue weighted by atomic mass is 9.85. The summed E-state index contributed by atoms with van der Waals surface area (Å²) < 4.78 is 4.98. The maximum Gasteiger partial charge on any atom is 0.315 e. The molecule has 1 atom stereocenters. The number of urea groups is 1. The standard InChI is InChI=1S/C15H23ClN2O2/c1-11(9-20-4)18-14(19)17-10-15(2,3)12-5-7-13(16)8-6-12/h5-8,11H,9-10H2,1-4H3,(H2,17,18,19). The molecule has 0 heterocycles. The largest absolute Gasteiger partial charge is 0.383 e. The van der Waals surface area contributed by atoms with Crippen LogP contribution in [0.25, 0.3) is 0 Å². The molecule has 20 heavy (non-hydrogen) atoms. The van der Waals surface area contributed by atoms with Gasteiger partial charge in [0.2, 0.25) is 0 Å². The van der Waals surface area contributed by atoms with Crippen molar-refractivity contribution >= 4 is 17.6 Å². The average Bonchev–Trinajstić information content (AvgIpc) is 2.37. The molecule has 0 aliphatic rings. The minimum atomic E-state index is -0.184. The van der Waals surface area contributed by atoms with E-state index in [1.165, 1.54) is 0 Å². The third-order valence-electron chi connectivity index (χ3n) is 3.11. The molecule has 1 rings (SSSR count). The molecular formula is C15H23ClN2O2. The van der Waals surface area contributed by atoms with E-state index in [0.717, 1.165) is 5.56 Å². The second-order valence-electron chi connectivity index (χ2n) is 5.57. The smallest absolute Gasteiger partial charge is 0.315 e. The SMILES string of the molecule is COCC(C)NC(=O)NCC(C)(C)c1ccc(Cl)cc1. The molecule has 0 bridgehead atoms. The molecule has 112 valence electrons. The summed E-state index contributed by atoms with van der Waals surface area (Å²) in [5.74, 6) is 0. The van der Waals surface area contributed by atoms with E-state index < -0.39 is 0 Å². The lowest BCUT2D eigenvalue weighted by Crippen LogP contribution is -2.46. The quantitative estimate of drug-likeness (QED) is 0.848. The summed E-state index contributed by atoms with van der Waals surface area (Å²) in [6, 6.07) is 7.49. The zero-order valence-corrected chi connectivity index (χ0v) is 13.3. The lowest BCUT2D eigenvalue weighted by Gasteiger charge is -2.26. The molecular weight excluding hydrogens is 276 g/mol. The van der Waals surface area contributed by atoms with Crippen LogP contribution in [0.5, 0.6) is 0 Å². The fraction of sp³-hybridized carbons (Fsp3) is 0.533. The summed E-state index contributed by atoms with van der Waals surface area (Å²) in [4.78, 5) is 11.8. The summed E-state index contributed by atoms with van der Waals surface area (Å²) in [6.07, 6.45) is 0. The van der Waals surface area contributed by atoms with Gasteiger partial charge in [0, 0.05) is 24.1 Å². The first-order chi connectivity index (χ1) is 9.35. The predicted octanol–water partition coefficient (Wildman–Crippen LogP) is 2.95. The van der Waals surface area contributed by atoms with E-state index in [9.17, 15) is 4.79 Å². The van der Waals surface area contributed by atoms with Crippen molar-refractivity contribution < 1.29 is 9.53 Å². The van der Waals surface area contributed by atoms with Gasteiger partial charge in [-0.25, -0.2) is 4.79 Å². The summed E-state index contributed by atoms with van der Waals surface area (Å²) in [7, 11) is 1.61. The van der Waals surface area contributed by atoms with Crippen LogP contribution in [0.3, 0.4) is 0 Å². The van der Waals surface area contributed by atoms with Gasteiger partial charge in [0.05, 0.1) is 12.6 Å². The molecule has 0 radical (unpaired) electrons. The monoisotopic (exact) mass is 298 g/mol. The van der Waals surface area contributed by atoms with Crippen molar-refractivity contribution in [1.29, 1.82) is 0 Å². The number of carbonyl (C=O) groups is 1. The Morgan fingerprint density at radius 1 is 1.35 bits per heavy atom. The number of nitrogens with one attached hydrogen (secondary N) is 2. The lowest BCUT2D eigenvalue weighted by molar-refractivity contribution is 0.170. The van der Waals surface area contributed by atoms with Crippen molar-refractivity contribution in [3.8, 4) is 0 Å². The van der Waals surface area contributed by atoms with Gasteiger partial charge in [0.1, 0.15) is 0 Å². The maximum absolute atomic E-state index is 11.8. The highest BCUT2D eigenvalue weighted by Gasteiger charge is 2.21. The van der Waals surface area contributed by atoms with E-state index in [0.29, 0.717) is 18.2 Å². The number of methoxy groups -OCH3 is 1.